The first-order chi connectivity index (χ1) is 16.1. The Morgan fingerprint density at radius 1 is 0.971 bits per heavy atom. The molecule has 0 aliphatic carbocycles. The molecule has 0 saturated carbocycles. The van der Waals surface area contributed by atoms with Gasteiger partial charge in [-0.05, 0) is 46.9 Å². The fourth-order valence-corrected chi connectivity index (χ4v) is 5.65. The second-order valence-corrected chi connectivity index (χ2v) is 11.9. The van der Waals surface area contributed by atoms with Crippen LogP contribution >= 0.6 is 11.3 Å². The lowest BCUT2D eigenvalue weighted by Gasteiger charge is -2.19. The maximum absolute atomic E-state index is 12.8. The van der Waals surface area contributed by atoms with E-state index in [4.69, 9.17) is 4.74 Å². The van der Waals surface area contributed by atoms with Gasteiger partial charge in [0.15, 0.2) is 0 Å². The van der Waals surface area contributed by atoms with Crippen LogP contribution in [0.2, 0.25) is 0 Å². The van der Waals surface area contributed by atoms with E-state index in [1.807, 2.05) is 54.6 Å². The summed E-state index contributed by atoms with van der Waals surface area (Å²) in [5.74, 6) is 0.693. The summed E-state index contributed by atoms with van der Waals surface area (Å²) in [6.07, 6.45) is 0. The van der Waals surface area contributed by atoms with Crippen LogP contribution in [0.15, 0.2) is 82.5 Å². The van der Waals surface area contributed by atoms with Gasteiger partial charge >= 0.3 is 4.87 Å². The Kier molecular flexibility index (Phi) is 6.93. The van der Waals surface area contributed by atoms with Crippen LogP contribution in [-0.2, 0) is 22.0 Å². The van der Waals surface area contributed by atoms with Crippen LogP contribution in [0.5, 0.6) is 5.75 Å². The minimum Gasteiger partial charge on any atom is -0.492 e. The molecule has 178 valence electrons. The number of ether oxygens (including phenoxy) is 1. The van der Waals surface area contributed by atoms with Crippen LogP contribution in [0.3, 0.4) is 0 Å². The molecule has 0 aliphatic heterocycles. The Hall–Kier alpha value is -2.94. The second-order valence-electron chi connectivity index (χ2n) is 9.09. The van der Waals surface area contributed by atoms with Gasteiger partial charge in [0.1, 0.15) is 12.4 Å². The fraction of sp³-hybridized carbons (Fsp3) is 0.269. The predicted octanol–water partition coefficient (Wildman–Crippen LogP) is 4.77. The number of hydrogen-bond donors (Lipinski definition) is 1. The average Bonchev–Trinajstić information content (AvgIpc) is 3.11. The molecule has 1 heterocycles. The summed E-state index contributed by atoms with van der Waals surface area (Å²) in [4.78, 5) is 12.5. The van der Waals surface area contributed by atoms with Crippen LogP contribution in [-0.4, -0.2) is 26.1 Å². The first kappa shape index (κ1) is 24.2. The Morgan fingerprint density at radius 3 is 2.35 bits per heavy atom. The van der Waals surface area contributed by atoms with E-state index in [0.29, 0.717) is 17.0 Å². The van der Waals surface area contributed by atoms with Gasteiger partial charge < -0.3 is 4.74 Å². The average molecular weight is 497 g/mol. The summed E-state index contributed by atoms with van der Waals surface area (Å²) in [7, 11) is -3.73. The van der Waals surface area contributed by atoms with Crippen LogP contribution in [0.25, 0.3) is 10.2 Å². The largest absolute Gasteiger partial charge is 0.492 e. The summed E-state index contributed by atoms with van der Waals surface area (Å²) in [5, 5.41) is 0. The van der Waals surface area contributed by atoms with Gasteiger partial charge in [0.05, 0.1) is 21.7 Å². The Balaban J connectivity index is 1.40. The van der Waals surface area contributed by atoms with Gasteiger partial charge in [-0.2, -0.15) is 0 Å². The maximum atomic E-state index is 12.8. The SMILES string of the molecule is CC(C)(C)c1ccc(OCCNS(=O)(=O)c2ccc3c(c2)sc(=O)n3Cc2ccccc2)cc1. The van der Waals surface area contributed by atoms with E-state index in [1.54, 1.807) is 16.7 Å². The molecule has 1 N–H and O–H groups in total. The van der Waals surface area contributed by atoms with Gasteiger partial charge in [-0.25, -0.2) is 13.1 Å². The Labute approximate surface area is 203 Å². The highest BCUT2D eigenvalue weighted by Crippen LogP contribution is 2.25. The van der Waals surface area contributed by atoms with Crippen molar-refractivity contribution in [2.24, 2.45) is 0 Å². The molecular formula is C26H28N2O4S2. The number of aromatic nitrogens is 1. The molecule has 0 amide bonds. The second kappa shape index (κ2) is 9.74. The van der Waals surface area contributed by atoms with Crippen molar-refractivity contribution in [1.29, 1.82) is 0 Å². The van der Waals surface area contributed by atoms with Crippen LogP contribution in [0, 0.1) is 0 Å². The number of fused-ring (bicyclic) bond motifs is 1. The Morgan fingerprint density at radius 2 is 1.68 bits per heavy atom. The third-order valence-electron chi connectivity index (χ3n) is 5.52. The summed E-state index contributed by atoms with van der Waals surface area (Å²) in [6, 6.07) is 22.3. The molecule has 4 aromatic rings. The number of nitrogens with one attached hydrogen (secondary N) is 1. The van der Waals surface area contributed by atoms with Crippen molar-refractivity contribution in [3.8, 4) is 5.75 Å². The fourth-order valence-electron chi connectivity index (χ4n) is 3.61. The molecule has 3 aromatic carbocycles. The van der Waals surface area contributed by atoms with E-state index < -0.39 is 10.0 Å². The zero-order chi connectivity index (χ0) is 24.3. The van der Waals surface area contributed by atoms with Gasteiger partial charge in [0.2, 0.25) is 10.0 Å². The van der Waals surface area contributed by atoms with E-state index >= 15 is 0 Å². The predicted molar refractivity (Wildman–Crippen MR) is 137 cm³/mol. The molecule has 0 fully saturated rings. The van der Waals surface area contributed by atoms with Crippen molar-refractivity contribution in [1.82, 2.24) is 9.29 Å². The molecule has 0 aliphatic rings. The van der Waals surface area contributed by atoms with Crippen LogP contribution in [0.1, 0.15) is 31.9 Å². The highest BCUT2D eigenvalue weighted by atomic mass is 32.2. The van der Waals surface area contributed by atoms with Gasteiger partial charge in [-0.3, -0.25) is 9.36 Å². The van der Waals surface area contributed by atoms with Gasteiger partial charge in [-0.15, -0.1) is 0 Å². The Bertz CT molecular complexity index is 1430. The molecule has 6 nitrogen and oxygen atoms in total. The number of sulfonamides is 1. The van der Waals surface area contributed by atoms with Crippen molar-refractivity contribution < 1.29 is 13.2 Å². The molecule has 8 heteroatoms. The number of benzene rings is 3. The number of hydrogen-bond acceptors (Lipinski definition) is 5. The van der Waals surface area contributed by atoms with Crippen molar-refractivity contribution in [3.63, 3.8) is 0 Å². The van der Waals surface area contributed by atoms with Crippen molar-refractivity contribution in [3.05, 3.63) is 93.6 Å². The first-order valence-corrected chi connectivity index (χ1v) is 13.3. The summed E-state index contributed by atoms with van der Waals surface area (Å²) < 4.78 is 36.1. The standard InChI is InChI=1S/C26H28N2O4S2/c1-26(2,3)20-9-11-21(12-10-20)32-16-15-27-34(30,31)22-13-14-23-24(17-22)33-25(29)28(23)18-19-7-5-4-6-8-19/h4-14,17,27H,15-16,18H2,1-3H3. The molecule has 4 rings (SSSR count). The van der Waals surface area contributed by atoms with Crippen molar-refractivity contribution in [2.45, 2.75) is 37.6 Å². The summed E-state index contributed by atoms with van der Waals surface area (Å²) in [5.41, 5.74) is 3.00. The van der Waals surface area contributed by atoms with Gasteiger partial charge in [0, 0.05) is 6.54 Å². The van der Waals surface area contributed by atoms with Crippen molar-refractivity contribution >= 4 is 31.6 Å². The molecule has 0 atom stereocenters. The lowest BCUT2D eigenvalue weighted by atomic mass is 9.87. The summed E-state index contributed by atoms with van der Waals surface area (Å²) in [6.45, 7) is 7.21. The molecule has 0 spiro atoms. The molecule has 0 saturated heterocycles. The van der Waals surface area contributed by atoms with Crippen LogP contribution < -0.4 is 14.3 Å². The number of thiazole rings is 1. The molecule has 0 radical (unpaired) electrons. The third kappa shape index (κ3) is 5.58. The van der Waals surface area contributed by atoms with E-state index in [1.165, 1.54) is 11.6 Å². The highest BCUT2D eigenvalue weighted by molar-refractivity contribution is 7.89. The molecule has 0 bridgehead atoms. The van der Waals surface area contributed by atoms with Crippen LogP contribution in [0.4, 0.5) is 0 Å². The van der Waals surface area contributed by atoms with Gasteiger partial charge in [-0.1, -0.05) is 74.6 Å². The monoisotopic (exact) mass is 496 g/mol. The summed E-state index contributed by atoms with van der Waals surface area (Å²) >= 11 is 1.05. The molecule has 1 aromatic heterocycles. The minimum atomic E-state index is -3.73. The minimum absolute atomic E-state index is 0.0610. The van der Waals surface area contributed by atoms with E-state index in [9.17, 15) is 13.2 Å². The van der Waals surface area contributed by atoms with Gasteiger partial charge in [0.25, 0.3) is 0 Å². The lowest BCUT2D eigenvalue weighted by Crippen LogP contribution is -2.28. The molecule has 34 heavy (non-hydrogen) atoms. The topological polar surface area (TPSA) is 77.4 Å². The smallest absolute Gasteiger partial charge is 0.308 e. The zero-order valence-electron chi connectivity index (χ0n) is 19.4. The molecule has 0 unspecified atom stereocenters. The normalized spacial score (nSPS) is 12.2. The number of rotatable bonds is 8. The van der Waals surface area contributed by atoms with E-state index in [-0.39, 0.29) is 28.3 Å². The van der Waals surface area contributed by atoms with E-state index in [2.05, 4.69) is 25.5 Å². The molecular weight excluding hydrogens is 468 g/mol. The third-order valence-corrected chi connectivity index (χ3v) is 7.92. The van der Waals surface area contributed by atoms with E-state index in [0.717, 1.165) is 22.4 Å². The van der Waals surface area contributed by atoms with Crippen molar-refractivity contribution in [2.75, 3.05) is 13.2 Å². The lowest BCUT2D eigenvalue weighted by molar-refractivity contribution is 0.322. The first-order valence-electron chi connectivity index (χ1n) is 11.0. The quantitative estimate of drug-likeness (QED) is 0.357. The highest BCUT2D eigenvalue weighted by Gasteiger charge is 2.17. The number of nitrogens with zero attached hydrogens (tertiary/aromatic N) is 1. The maximum Gasteiger partial charge on any atom is 0.308 e. The zero-order valence-corrected chi connectivity index (χ0v) is 21.1.